The first-order chi connectivity index (χ1) is 9.10. The summed E-state index contributed by atoms with van der Waals surface area (Å²) in [7, 11) is 0. The summed E-state index contributed by atoms with van der Waals surface area (Å²) in [6.45, 7) is -0.00335. The second-order valence-electron chi connectivity index (χ2n) is 3.74. The van der Waals surface area contributed by atoms with Gasteiger partial charge in [-0.3, -0.25) is 14.8 Å². The second kappa shape index (κ2) is 5.46. The Balaban J connectivity index is 2.54. The van der Waals surface area contributed by atoms with E-state index in [2.05, 4.69) is 22.6 Å². The summed E-state index contributed by atoms with van der Waals surface area (Å²) in [4.78, 5) is 29.4. The van der Waals surface area contributed by atoms with Crippen molar-refractivity contribution in [2.45, 2.75) is 4.90 Å². The van der Waals surface area contributed by atoms with Crippen LogP contribution in [0.4, 0.5) is 11.5 Å². The van der Waals surface area contributed by atoms with E-state index in [9.17, 15) is 9.59 Å². The number of benzene rings is 1. The fourth-order valence-corrected chi connectivity index (χ4v) is 1.87. The van der Waals surface area contributed by atoms with Gasteiger partial charge < -0.3 is 4.90 Å². The van der Waals surface area contributed by atoms with Crippen LogP contribution < -0.4 is 16.1 Å². The number of nitrogens with one attached hydrogen (secondary N) is 2. The van der Waals surface area contributed by atoms with Gasteiger partial charge in [0.25, 0.3) is 5.56 Å². The van der Waals surface area contributed by atoms with E-state index in [-0.39, 0.29) is 12.4 Å². The number of H-pyrrole nitrogens is 2. The average molecular weight is 274 g/mol. The van der Waals surface area contributed by atoms with Crippen LogP contribution in [0.2, 0.25) is 0 Å². The Labute approximate surface area is 113 Å². The van der Waals surface area contributed by atoms with Crippen LogP contribution in [-0.4, -0.2) is 16.5 Å². The van der Waals surface area contributed by atoms with Crippen molar-refractivity contribution >= 4 is 24.1 Å². The lowest BCUT2D eigenvalue weighted by Gasteiger charge is -2.21. The number of rotatable bonds is 3. The summed E-state index contributed by atoms with van der Waals surface area (Å²) in [6, 6.07) is 10.3. The van der Waals surface area contributed by atoms with Crippen LogP contribution in [0.3, 0.4) is 0 Å². The fourth-order valence-electron chi connectivity index (χ4n) is 1.65. The van der Waals surface area contributed by atoms with Gasteiger partial charge in [0.1, 0.15) is 12.4 Å². The molecule has 1 aromatic heterocycles. The third kappa shape index (κ3) is 3.05. The largest absolute Gasteiger partial charge is 0.327 e. The minimum Gasteiger partial charge on any atom is -0.314 e. The highest BCUT2D eigenvalue weighted by Crippen LogP contribution is 2.23. The summed E-state index contributed by atoms with van der Waals surface area (Å²) < 4.78 is 0. The number of aromatic amines is 2. The standard InChI is InChI=1S/C12H10N4O2S/c13-4-5-16(8-2-1-3-9(19)6-8)10-7-11(17)15-12(18)14-10/h1-3,6-7,19H,5H2,(H2,14,15,17,18). The van der Waals surface area contributed by atoms with Crippen molar-refractivity contribution in [1.29, 1.82) is 5.26 Å². The number of aromatic nitrogens is 2. The maximum atomic E-state index is 11.3. The normalized spacial score (nSPS) is 9.89. The zero-order valence-corrected chi connectivity index (χ0v) is 10.6. The van der Waals surface area contributed by atoms with Crippen molar-refractivity contribution in [1.82, 2.24) is 9.97 Å². The van der Waals surface area contributed by atoms with Crippen molar-refractivity contribution < 1.29 is 0 Å². The minimum atomic E-state index is -0.618. The maximum absolute atomic E-state index is 11.3. The Morgan fingerprint density at radius 1 is 1.26 bits per heavy atom. The van der Waals surface area contributed by atoms with Gasteiger partial charge in [-0.05, 0) is 18.2 Å². The molecule has 0 aliphatic rings. The molecule has 2 aromatic rings. The number of anilines is 2. The molecule has 0 amide bonds. The second-order valence-corrected chi connectivity index (χ2v) is 4.25. The van der Waals surface area contributed by atoms with Gasteiger partial charge in [0.2, 0.25) is 0 Å². The van der Waals surface area contributed by atoms with Gasteiger partial charge in [0.05, 0.1) is 6.07 Å². The SMILES string of the molecule is N#CCN(c1cccc(S)c1)c1cc(=O)[nH]c(=O)[nH]1. The molecule has 0 spiro atoms. The van der Waals surface area contributed by atoms with Crippen LogP contribution in [0, 0.1) is 11.3 Å². The van der Waals surface area contributed by atoms with E-state index in [1.165, 1.54) is 11.0 Å². The van der Waals surface area contributed by atoms with Crippen LogP contribution in [0.15, 0.2) is 44.8 Å². The van der Waals surface area contributed by atoms with E-state index in [1.807, 2.05) is 6.07 Å². The highest BCUT2D eigenvalue weighted by molar-refractivity contribution is 7.80. The molecule has 6 nitrogen and oxygen atoms in total. The summed E-state index contributed by atoms with van der Waals surface area (Å²) in [6.07, 6.45) is 0. The van der Waals surface area contributed by atoms with Crippen molar-refractivity contribution in [3.63, 3.8) is 0 Å². The third-order valence-electron chi connectivity index (χ3n) is 2.41. The fraction of sp³-hybridized carbons (Fsp3) is 0.0833. The molecule has 0 aliphatic heterocycles. The van der Waals surface area contributed by atoms with Crippen LogP contribution in [0.5, 0.6) is 0 Å². The lowest BCUT2D eigenvalue weighted by atomic mass is 10.3. The number of nitrogens with zero attached hydrogens (tertiary/aromatic N) is 2. The molecule has 1 aromatic carbocycles. The maximum Gasteiger partial charge on any atom is 0.327 e. The molecule has 0 atom stereocenters. The molecule has 0 aliphatic carbocycles. The molecule has 0 saturated heterocycles. The first-order valence-electron chi connectivity index (χ1n) is 5.37. The molecule has 96 valence electrons. The van der Waals surface area contributed by atoms with Gasteiger partial charge in [-0.1, -0.05) is 6.07 Å². The van der Waals surface area contributed by atoms with E-state index in [4.69, 9.17) is 5.26 Å². The van der Waals surface area contributed by atoms with Gasteiger partial charge in [0.15, 0.2) is 0 Å². The molecule has 1 heterocycles. The molecule has 2 N–H and O–H groups in total. The zero-order chi connectivity index (χ0) is 13.8. The Kier molecular flexibility index (Phi) is 3.73. The minimum absolute atomic E-state index is 0.00335. The molecule has 0 radical (unpaired) electrons. The van der Waals surface area contributed by atoms with E-state index in [1.54, 1.807) is 24.3 Å². The molecule has 2 rings (SSSR count). The number of hydrogen-bond donors (Lipinski definition) is 3. The van der Waals surface area contributed by atoms with E-state index < -0.39 is 11.2 Å². The Morgan fingerprint density at radius 3 is 2.68 bits per heavy atom. The zero-order valence-electron chi connectivity index (χ0n) is 9.75. The number of nitriles is 1. The Morgan fingerprint density at radius 2 is 2.05 bits per heavy atom. The molecule has 7 heteroatoms. The van der Waals surface area contributed by atoms with Crippen LogP contribution in [0.1, 0.15) is 0 Å². The van der Waals surface area contributed by atoms with Gasteiger partial charge in [-0.15, -0.1) is 12.6 Å². The molecular formula is C12H10N4O2S. The summed E-state index contributed by atoms with van der Waals surface area (Å²) >= 11 is 4.22. The van der Waals surface area contributed by atoms with Crippen molar-refractivity contribution in [2.75, 3.05) is 11.4 Å². The van der Waals surface area contributed by atoms with Gasteiger partial charge in [-0.2, -0.15) is 5.26 Å². The average Bonchev–Trinajstić information content (AvgIpc) is 2.34. The van der Waals surface area contributed by atoms with Crippen LogP contribution >= 0.6 is 12.6 Å². The molecule has 0 saturated carbocycles. The predicted octanol–water partition coefficient (Wildman–Crippen LogP) is 1.01. The monoisotopic (exact) mass is 274 g/mol. The molecule has 0 unspecified atom stereocenters. The Bertz CT molecular complexity index is 716. The van der Waals surface area contributed by atoms with Crippen molar-refractivity contribution in [3.8, 4) is 6.07 Å². The number of hydrogen-bond acceptors (Lipinski definition) is 5. The molecule has 0 bridgehead atoms. The Hall–Kier alpha value is -2.46. The highest BCUT2D eigenvalue weighted by Gasteiger charge is 2.11. The summed E-state index contributed by atoms with van der Waals surface area (Å²) in [5, 5.41) is 8.88. The van der Waals surface area contributed by atoms with Crippen molar-refractivity contribution in [3.05, 3.63) is 51.2 Å². The van der Waals surface area contributed by atoms with E-state index in [0.717, 1.165) is 0 Å². The van der Waals surface area contributed by atoms with E-state index >= 15 is 0 Å². The first kappa shape index (κ1) is 13.0. The van der Waals surface area contributed by atoms with Crippen LogP contribution in [-0.2, 0) is 0 Å². The lowest BCUT2D eigenvalue weighted by Crippen LogP contribution is -2.27. The van der Waals surface area contributed by atoms with Crippen molar-refractivity contribution in [2.24, 2.45) is 0 Å². The smallest absolute Gasteiger partial charge is 0.314 e. The van der Waals surface area contributed by atoms with Gasteiger partial charge in [0, 0.05) is 16.6 Å². The summed E-state index contributed by atoms with van der Waals surface area (Å²) in [5.74, 6) is 0.259. The first-order valence-corrected chi connectivity index (χ1v) is 5.82. The summed E-state index contributed by atoms with van der Waals surface area (Å²) in [5.41, 5.74) is -0.480. The van der Waals surface area contributed by atoms with Crippen LogP contribution in [0.25, 0.3) is 0 Å². The third-order valence-corrected chi connectivity index (χ3v) is 2.69. The topological polar surface area (TPSA) is 92.8 Å². The van der Waals surface area contributed by atoms with Gasteiger partial charge >= 0.3 is 5.69 Å². The predicted molar refractivity (Wildman–Crippen MR) is 74.0 cm³/mol. The molecule has 0 fully saturated rings. The van der Waals surface area contributed by atoms with Gasteiger partial charge in [-0.25, -0.2) is 4.79 Å². The molecule has 19 heavy (non-hydrogen) atoms. The van der Waals surface area contributed by atoms with E-state index in [0.29, 0.717) is 10.6 Å². The lowest BCUT2D eigenvalue weighted by molar-refractivity contribution is 0.972. The molecular weight excluding hydrogens is 264 g/mol. The number of thiol groups is 1. The quantitative estimate of drug-likeness (QED) is 0.575. The highest BCUT2D eigenvalue weighted by atomic mass is 32.1.